The number of carbonyl (C=O) groups is 1. The third-order valence-electron chi connectivity index (χ3n) is 3.01. The summed E-state index contributed by atoms with van der Waals surface area (Å²) in [6, 6.07) is 6.48. The maximum atomic E-state index is 12.3. The van der Waals surface area contributed by atoms with Gasteiger partial charge in [-0.3, -0.25) is 10.1 Å². The first-order chi connectivity index (χ1) is 11.4. The van der Waals surface area contributed by atoms with Crippen LogP contribution in [0, 0.1) is 10.1 Å². The highest BCUT2D eigenvalue weighted by Gasteiger charge is 2.18. The average molecular weight is 417 g/mol. The number of halogens is 2. The highest BCUT2D eigenvalue weighted by Crippen LogP contribution is 2.36. The number of nitro benzene ring substituents is 1. The predicted molar refractivity (Wildman–Crippen MR) is 90.3 cm³/mol. The van der Waals surface area contributed by atoms with E-state index in [4.69, 9.17) is 25.8 Å². The Morgan fingerprint density at radius 3 is 2.17 bits per heavy atom. The molecule has 0 radical (unpaired) electrons. The first-order valence-corrected chi connectivity index (χ1v) is 7.62. The molecule has 126 valence electrons. The van der Waals surface area contributed by atoms with Crippen LogP contribution < -0.4 is 14.2 Å². The van der Waals surface area contributed by atoms with Crippen molar-refractivity contribution in [1.29, 1.82) is 0 Å². The van der Waals surface area contributed by atoms with Crippen molar-refractivity contribution in [1.82, 2.24) is 0 Å². The summed E-state index contributed by atoms with van der Waals surface area (Å²) >= 11 is 9.21. The Hall–Kier alpha value is -2.32. The van der Waals surface area contributed by atoms with Crippen molar-refractivity contribution in [2.45, 2.75) is 0 Å². The lowest BCUT2D eigenvalue weighted by Gasteiger charge is -2.11. The third kappa shape index (κ3) is 3.77. The molecule has 0 aliphatic rings. The van der Waals surface area contributed by atoms with Crippen LogP contribution in [0.4, 0.5) is 5.69 Å². The van der Waals surface area contributed by atoms with E-state index < -0.39 is 10.9 Å². The zero-order chi connectivity index (χ0) is 17.9. The van der Waals surface area contributed by atoms with Crippen LogP contribution in [-0.4, -0.2) is 25.1 Å². The molecule has 0 fully saturated rings. The largest absolute Gasteiger partial charge is 0.495 e. The monoisotopic (exact) mass is 415 g/mol. The van der Waals surface area contributed by atoms with Gasteiger partial charge in [-0.15, -0.1) is 0 Å². The summed E-state index contributed by atoms with van der Waals surface area (Å²) in [5.74, 6) is 0.0650. The van der Waals surface area contributed by atoms with Gasteiger partial charge in [0.1, 0.15) is 21.7 Å². The maximum absolute atomic E-state index is 12.3. The molecule has 0 unspecified atom stereocenters. The second-order valence-electron chi connectivity index (χ2n) is 4.46. The summed E-state index contributed by atoms with van der Waals surface area (Å²) in [4.78, 5) is 22.4. The molecule has 0 saturated heterocycles. The molecule has 0 atom stereocenters. The SMILES string of the molecule is COc1cc(C(=O)Oc2ccc([N+](=O)[O-])cc2Cl)cc(OC)c1Br. The highest BCUT2D eigenvalue weighted by atomic mass is 79.9. The lowest BCUT2D eigenvalue weighted by Crippen LogP contribution is -2.09. The number of rotatable bonds is 5. The number of ether oxygens (including phenoxy) is 3. The Bertz CT molecular complexity index is 786. The third-order valence-corrected chi connectivity index (χ3v) is 4.09. The average Bonchev–Trinajstić information content (AvgIpc) is 2.56. The van der Waals surface area contributed by atoms with Crippen LogP contribution in [0.1, 0.15) is 10.4 Å². The molecule has 2 aromatic rings. The molecule has 0 heterocycles. The van der Waals surface area contributed by atoms with Gasteiger partial charge in [-0.1, -0.05) is 11.6 Å². The molecule has 0 amide bonds. The molecular weight excluding hydrogens is 406 g/mol. The summed E-state index contributed by atoms with van der Waals surface area (Å²) in [5, 5.41) is 10.6. The molecule has 24 heavy (non-hydrogen) atoms. The number of non-ortho nitro benzene ring substituents is 1. The van der Waals surface area contributed by atoms with Gasteiger partial charge in [-0.25, -0.2) is 4.79 Å². The molecule has 0 aliphatic heterocycles. The van der Waals surface area contributed by atoms with Gasteiger partial charge in [-0.05, 0) is 34.1 Å². The quantitative estimate of drug-likeness (QED) is 0.313. The van der Waals surface area contributed by atoms with E-state index in [9.17, 15) is 14.9 Å². The molecule has 0 aliphatic carbocycles. The first-order valence-electron chi connectivity index (χ1n) is 6.45. The van der Waals surface area contributed by atoms with Gasteiger partial charge in [0.05, 0.1) is 29.7 Å². The van der Waals surface area contributed by atoms with Gasteiger partial charge in [-0.2, -0.15) is 0 Å². The Morgan fingerprint density at radius 1 is 1.12 bits per heavy atom. The molecular formula is C15H11BrClNO6. The van der Waals surface area contributed by atoms with Crippen molar-refractivity contribution >= 4 is 39.2 Å². The van der Waals surface area contributed by atoms with Crippen LogP contribution in [-0.2, 0) is 0 Å². The van der Waals surface area contributed by atoms with E-state index in [0.29, 0.717) is 16.0 Å². The van der Waals surface area contributed by atoms with E-state index >= 15 is 0 Å². The van der Waals surface area contributed by atoms with Gasteiger partial charge >= 0.3 is 5.97 Å². The van der Waals surface area contributed by atoms with Crippen molar-refractivity contribution in [2.24, 2.45) is 0 Å². The fourth-order valence-corrected chi connectivity index (χ4v) is 2.60. The van der Waals surface area contributed by atoms with Gasteiger partial charge in [0.15, 0.2) is 0 Å². The number of hydrogen-bond acceptors (Lipinski definition) is 6. The number of methoxy groups -OCH3 is 2. The van der Waals surface area contributed by atoms with Gasteiger partial charge in [0.2, 0.25) is 0 Å². The number of carbonyl (C=O) groups excluding carboxylic acids is 1. The molecule has 2 rings (SSSR count). The molecule has 0 spiro atoms. The summed E-state index contributed by atoms with van der Waals surface area (Å²) in [7, 11) is 2.89. The minimum Gasteiger partial charge on any atom is -0.495 e. The smallest absolute Gasteiger partial charge is 0.343 e. The van der Waals surface area contributed by atoms with Gasteiger partial charge in [0, 0.05) is 12.1 Å². The van der Waals surface area contributed by atoms with Crippen LogP contribution in [0.25, 0.3) is 0 Å². The van der Waals surface area contributed by atoms with Crippen LogP contribution in [0.5, 0.6) is 17.2 Å². The number of esters is 1. The van der Waals surface area contributed by atoms with Gasteiger partial charge < -0.3 is 14.2 Å². The normalized spacial score (nSPS) is 10.2. The Balaban J connectivity index is 2.32. The van der Waals surface area contributed by atoms with E-state index in [1.807, 2.05) is 0 Å². The fraction of sp³-hybridized carbons (Fsp3) is 0.133. The van der Waals surface area contributed by atoms with Crippen LogP contribution >= 0.6 is 27.5 Å². The number of hydrogen-bond donors (Lipinski definition) is 0. The predicted octanol–water partition coefficient (Wildman–Crippen LogP) is 4.25. The second kappa shape index (κ2) is 7.50. The Morgan fingerprint density at radius 2 is 1.71 bits per heavy atom. The topological polar surface area (TPSA) is 87.9 Å². The minimum absolute atomic E-state index is 0.00752. The summed E-state index contributed by atoms with van der Waals surface area (Å²) < 4.78 is 16.1. The first kappa shape index (κ1) is 18.0. The molecule has 9 heteroatoms. The zero-order valence-corrected chi connectivity index (χ0v) is 14.9. The number of benzene rings is 2. The van der Waals surface area contributed by atoms with E-state index in [1.54, 1.807) is 0 Å². The van der Waals surface area contributed by atoms with Crippen molar-refractivity contribution in [3.05, 3.63) is 55.5 Å². The molecule has 0 saturated carbocycles. The van der Waals surface area contributed by atoms with Crippen molar-refractivity contribution in [3.63, 3.8) is 0 Å². The van der Waals surface area contributed by atoms with E-state index in [0.717, 1.165) is 6.07 Å². The number of nitro groups is 1. The lowest BCUT2D eigenvalue weighted by atomic mass is 10.2. The Kier molecular flexibility index (Phi) is 5.63. The number of nitrogens with zero attached hydrogens (tertiary/aromatic N) is 1. The minimum atomic E-state index is -0.713. The zero-order valence-electron chi connectivity index (χ0n) is 12.5. The molecule has 0 aromatic heterocycles. The van der Waals surface area contributed by atoms with Crippen LogP contribution in [0.15, 0.2) is 34.8 Å². The lowest BCUT2D eigenvalue weighted by molar-refractivity contribution is -0.384. The fourth-order valence-electron chi connectivity index (χ4n) is 1.83. The summed E-state index contributed by atoms with van der Waals surface area (Å²) in [6.07, 6.45) is 0. The standard InChI is InChI=1S/C15H11BrClNO6/c1-22-12-5-8(6-13(23-2)14(12)16)15(19)24-11-4-3-9(18(20)21)7-10(11)17/h3-7H,1-2H3. The Labute approximate surface area is 150 Å². The molecule has 2 aromatic carbocycles. The summed E-state index contributed by atoms with van der Waals surface area (Å²) in [5.41, 5.74) is -0.0342. The van der Waals surface area contributed by atoms with Crippen LogP contribution in [0.3, 0.4) is 0 Å². The van der Waals surface area contributed by atoms with Crippen molar-refractivity contribution in [3.8, 4) is 17.2 Å². The van der Waals surface area contributed by atoms with E-state index in [2.05, 4.69) is 15.9 Å². The van der Waals surface area contributed by atoms with Crippen LogP contribution in [0.2, 0.25) is 5.02 Å². The summed E-state index contributed by atoms with van der Waals surface area (Å²) in [6.45, 7) is 0. The molecule has 0 bridgehead atoms. The van der Waals surface area contributed by atoms with Gasteiger partial charge in [0.25, 0.3) is 5.69 Å². The van der Waals surface area contributed by atoms with Crippen molar-refractivity contribution in [2.75, 3.05) is 14.2 Å². The highest BCUT2D eigenvalue weighted by molar-refractivity contribution is 9.10. The maximum Gasteiger partial charge on any atom is 0.343 e. The van der Waals surface area contributed by atoms with E-state index in [-0.39, 0.29) is 22.0 Å². The molecule has 7 nitrogen and oxygen atoms in total. The second-order valence-corrected chi connectivity index (χ2v) is 5.66. The van der Waals surface area contributed by atoms with E-state index in [1.165, 1.54) is 38.5 Å². The molecule has 0 N–H and O–H groups in total. The van der Waals surface area contributed by atoms with Crippen molar-refractivity contribution < 1.29 is 23.9 Å².